The maximum absolute atomic E-state index is 10.5. The molecule has 0 amide bonds. The van der Waals surface area contributed by atoms with E-state index in [1.165, 1.54) is 18.7 Å². The lowest BCUT2D eigenvalue weighted by atomic mass is 9.94. The molecule has 64 valence electrons. The van der Waals surface area contributed by atoms with Crippen molar-refractivity contribution in [2.45, 2.75) is 6.92 Å². The van der Waals surface area contributed by atoms with Crippen molar-refractivity contribution in [3.8, 4) is 0 Å². The normalized spacial score (nSPS) is 11.1. The summed E-state index contributed by atoms with van der Waals surface area (Å²) in [5, 5.41) is 17.1. The summed E-state index contributed by atoms with van der Waals surface area (Å²) in [5.41, 5.74) is -1.65. The highest BCUT2D eigenvalue weighted by Crippen LogP contribution is 2.21. The monoisotopic (exact) mass is 178 g/mol. The molecule has 0 spiro atoms. The average molecular weight is 178 g/mol. The van der Waals surface area contributed by atoms with Crippen LogP contribution in [0.2, 0.25) is 0 Å². The zero-order valence-electron chi connectivity index (χ0n) is 6.33. The van der Waals surface area contributed by atoms with Gasteiger partial charge in [0.15, 0.2) is 5.41 Å². The molecule has 0 aromatic rings. The number of aliphatic carboxylic acids is 2. The fourth-order valence-corrected chi connectivity index (χ4v) is 1.33. The first-order chi connectivity index (χ1) is 4.95. The Labute approximate surface area is 68.6 Å². The first kappa shape index (κ1) is 10.3. The van der Waals surface area contributed by atoms with E-state index in [0.29, 0.717) is 0 Å². The second-order valence-electron chi connectivity index (χ2n) is 2.38. The van der Waals surface area contributed by atoms with Gasteiger partial charge in [0.05, 0.1) is 0 Å². The Balaban J connectivity index is 4.52. The second kappa shape index (κ2) is 3.61. The summed E-state index contributed by atoms with van der Waals surface area (Å²) >= 11 is 1.20. The Bertz CT molecular complexity index is 163. The van der Waals surface area contributed by atoms with E-state index in [9.17, 15) is 9.59 Å². The fourth-order valence-electron chi connectivity index (χ4n) is 0.504. The highest BCUT2D eigenvalue weighted by atomic mass is 32.2. The smallest absolute Gasteiger partial charge is 0.321 e. The van der Waals surface area contributed by atoms with Crippen LogP contribution in [0.4, 0.5) is 0 Å². The molecule has 0 bridgehead atoms. The summed E-state index contributed by atoms with van der Waals surface area (Å²) in [7, 11) is 0. The van der Waals surface area contributed by atoms with E-state index in [1.807, 2.05) is 0 Å². The average Bonchev–Trinajstić information content (AvgIpc) is 1.87. The summed E-state index contributed by atoms with van der Waals surface area (Å²) in [5.74, 6) is -2.50. The van der Waals surface area contributed by atoms with Crippen molar-refractivity contribution in [3.63, 3.8) is 0 Å². The number of carboxylic acid groups (broad SMARTS) is 2. The van der Waals surface area contributed by atoms with Gasteiger partial charge in [0, 0.05) is 5.75 Å². The molecule has 5 heteroatoms. The summed E-state index contributed by atoms with van der Waals surface area (Å²) in [6, 6.07) is 0. The molecular formula is C6H10O4S. The fraction of sp³-hybridized carbons (Fsp3) is 0.667. The van der Waals surface area contributed by atoms with E-state index in [4.69, 9.17) is 10.2 Å². The molecule has 0 heterocycles. The van der Waals surface area contributed by atoms with Crippen molar-refractivity contribution in [3.05, 3.63) is 0 Å². The summed E-state index contributed by atoms with van der Waals surface area (Å²) in [6.07, 6.45) is 1.67. The molecule has 0 saturated carbocycles. The standard InChI is InChI=1S/C6H10O4S/c1-6(3-11-2,4(7)8)5(9)10/h3H2,1-2H3,(H,7,8)(H,9,10). The van der Waals surface area contributed by atoms with Crippen molar-refractivity contribution in [1.29, 1.82) is 0 Å². The number of carbonyl (C=O) groups is 2. The Kier molecular flexibility index (Phi) is 3.38. The van der Waals surface area contributed by atoms with Gasteiger partial charge in [-0.25, -0.2) is 0 Å². The minimum absolute atomic E-state index is 0.0810. The van der Waals surface area contributed by atoms with Crippen molar-refractivity contribution < 1.29 is 19.8 Å². The summed E-state index contributed by atoms with van der Waals surface area (Å²) in [4.78, 5) is 20.9. The first-order valence-electron chi connectivity index (χ1n) is 2.91. The van der Waals surface area contributed by atoms with E-state index >= 15 is 0 Å². The Morgan fingerprint density at radius 2 is 1.73 bits per heavy atom. The first-order valence-corrected chi connectivity index (χ1v) is 4.30. The van der Waals surface area contributed by atoms with Gasteiger partial charge in [0.2, 0.25) is 0 Å². The zero-order chi connectivity index (χ0) is 9.07. The quantitative estimate of drug-likeness (QED) is 0.614. The Morgan fingerprint density at radius 3 is 1.82 bits per heavy atom. The van der Waals surface area contributed by atoms with Crippen molar-refractivity contribution in [1.82, 2.24) is 0 Å². The van der Waals surface area contributed by atoms with Gasteiger partial charge in [-0.2, -0.15) is 11.8 Å². The van der Waals surface area contributed by atoms with Gasteiger partial charge in [0.25, 0.3) is 0 Å². The molecule has 0 aliphatic heterocycles. The van der Waals surface area contributed by atoms with Crippen LogP contribution in [-0.2, 0) is 9.59 Å². The number of carboxylic acids is 2. The van der Waals surface area contributed by atoms with Gasteiger partial charge in [-0.15, -0.1) is 0 Å². The number of rotatable bonds is 4. The molecular weight excluding hydrogens is 168 g/mol. The molecule has 0 atom stereocenters. The zero-order valence-corrected chi connectivity index (χ0v) is 7.14. The van der Waals surface area contributed by atoms with Crippen LogP contribution in [0.25, 0.3) is 0 Å². The Morgan fingerprint density at radius 1 is 1.36 bits per heavy atom. The SMILES string of the molecule is CSCC(C)(C(=O)O)C(=O)O. The third-order valence-corrected chi connectivity index (χ3v) is 2.24. The van der Waals surface area contributed by atoms with E-state index in [0.717, 1.165) is 0 Å². The van der Waals surface area contributed by atoms with Crippen molar-refractivity contribution in [2.75, 3.05) is 12.0 Å². The van der Waals surface area contributed by atoms with Gasteiger partial charge < -0.3 is 10.2 Å². The lowest BCUT2D eigenvalue weighted by Gasteiger charge is -2.17. The van der Waals surface area contributed by atoms with E-state index in [1.54, 1.807) is 6.26 Å². The van der Waals surface area contributed by atoms with Crippen LogP contribution in [0, 0.1) is 5.41 Å². The number of thioether (sulfide) groups is 1. The third kappa shape index (κ3) is 2.11. The van der Waals surface area contributed by atoms with Gasteiger partial charge in [0.1, 0.15) is 0 Å². The van der Waals surface area contributed by atoms with Crippen molar-refractivity contribution >= 4 is 23.7 Å². The number of hydrogen-bond donors (Lipinski definition) is 2. The molecule has 0 aromatic heterocycles. The molecule has 0 rings (SSSR count). The third-order valence-electron chi connectivity index (χ3n) is 1.38. The van der Waals surface area contributed by atoms with Gasteiger partial charge in [-0.3, -0.25) is 9.59 Å². The minimum atomic E-state index is -1.65. The van der Waals surface area contributed by atoms with Crippen LogP contribution >= 0.6 is 11.8 Å². The van der Waals surface area contributed by atoms with E-state index < -0.39 is 17.4 Å². The molecule has 0 radical (unpaired) electrons. The molecule has 0 aliphatic rings. The summed E-state index contributed by atoms with van der Waals surface area (Å²) in [6.45, 7) is 1.20. The maximum atomic E-state index is 10.5. The number of hydrogen-bond acceptors (Lipinski definition) is 3. The molecule has 0 saturated heterocycles. The van der Waals surface area contributed by atoms with E-state index in [-0.39, 0.29) is 5.75 Å². The van der Waals surface area contributed by atoms with Crippen molar-refractivity contribution in [2.24, 2.45) is 5.41 Å². The molecule has 0 unspecified atom stereocenters. The largest absolute Gasteiger partial charge is 0.480 e. The lowest BCUT2D eigenvalue weighted by molar-refractivity contribution is -0.161. The molecule has 0 aromatic carbocycles. The van der Waals surface area contributed by atoms with Crippen LogP contribution in [0.1, 0.15) is 6.92 Å². The predicted molar refractivity (Wildman–Crippen MR) is 41.8 cm³/mol. The molecule has 0 aliphatic carbocycles. The maximum Gasteiger partial charge on any atom is 0.321 e. The van der Waals surface area contributed by atoms with E-state index in [2.05, 4.69) is 0 Å². The Hall–Kier alpha value is -0.710. The van der Waals surface area contributed by atoms with Gasteiger partial charge in [-0.1, -0.05) is 0 Å². The topological polar surface area (TPSA) is 74.6 Å². The predicted octanol–water partition coefficient (Wildman–Crippen LogP) is 0.525. The highest BCUT2D eigenvalue weighted by molar-refractivity contribution is 7.98. The van der Waals surface area contributed by atoms with Crippen LogP contribution in [-0.4, -0.2) is 34.2 Å². The van der Waals surface area contributed by atoms with Crippen LogP contribution in [0.5, 0.6) is 0 Å². The molecule has 11 heavy (non-hydrogen) atoms. The molecule has 0 fully saturated rings. The molecule has 4 nitrogen and oxygen atoms in total. The van der Waals surface area contributed by atoms with Crippen LogP contribution in [0.15, 0.2) is 0 Å². The van der Waals surface area contributed by atoms with Crippen LogP contribution < -0.4 is 0 Å². The van der Waals surface area contributed by atoms with Gasteiger partial charge in [-0.05, 0) is 13.2 Å². The lowest BCUT2D eigenvalue weighted by Crippen LogP contribution is -2.38. The highest BCUT2D eigenvalue weighted by Gasteiger charge is 2.40. The second-order valence-corrected chi connectivity index (χ2v) is 3.24. The minimum Gasteiger partial charge on any atom is -0.480 e. The molecule has 2 N–H and O–H groups in total. The van der Waals surface area contributed by atoms with Crippen LogP contribution in [0.3, 0.4) is 0 Å². The van der Waals surface area contributed by atoms with Gasteiger partial charge >= 0.3 is 11.9 Å². The summed E-state index contributed by atoms with van der Waals surface area (Å²) < 4.78 is 0.